The van der Waals surface area contributed by atoms with Crippen LogP contribution in [0.25, 0.3) is 5.65 Å². The van der Waals surface area contributed by atoms with Gasteiger partial charge < -0.3 is 10.5 Å². The third-order valence-electron chi connectivity index (χ3n) is 3.05. The fraction of sp³-hybridized carbons (Fsp3) is 0.143. The van der Waals surface area contributed by atoms with E-state index in [0.29, 0.717) is 33.0 Å². The van der Waals surface area contributed by atoms with Crippen molar-refractivity contribution < 1.29 is 4.74 Å². The van der Waals surface area contributed by atoms with E-state index in [0.717, 1.165) is 0 Å². The summed E-state index contributed by atoms with van der Waals surface area (Å²) in [5.74, 6) is 1.18. The highest BCUT2D eigenvalue weighted by atomic mass is 35.5. The number of nitrogens with zero attached hydrogens (tertiary/aromatic N) is 3. The normalized spacial score (nSPS) is 12.5. The lowest BCUT2D eigenvalue weighted by Gasteiger charge is -2.14. The molecule has 7 heteroatoms. The molecule has 1 unspecified atom stereocenters. The Kier molecular flexibility index (Phi) is 3.61. The number of fused-ring (bicyclic) bond motifs is 1. The number of pyridine rings is 1. The second kappa shape index (κ2) is 5.42. The smallest absolute Gasteiger partial charge is 0.184 e. The lowest BCUT2D eigenvalue weighted by Crippen LogP contribution is -2.08. The van der Waals surface area contributed by atoms with E-state index in [1.54, 1.807) is 28.7 Å². The van der Waals surface area contributed by atoms with Gasteiger partial charge in [-0.05, 0) is 37.3 Å². The summed E-state index contributed by atoms with van der Waals surface area (Å²) < 4.78 is 7.63. The molecule has 3 rings (SSSR count). The maximum Gasteiger partial charge on any atom is 0.184 e. The third kappa shape index (κ3) is 2.62. The Bertz CT molecular complexity index is 803. The Balaban J connectivity index is 1.94. The average Bonchev–Trinajstić information content (AvgIpc) is 2.87. The average molecular weight is 323 g/mol. The SMILES string of the molecule is CC(Oc1ccc(Cl)cc1Cl)c1nnc2c(N)cccn12. The molecule has 108 valence electrons. The van der Waals surface area contributed by atoms with Crippen molar-refractivity contribution in [1.29, 1.82) is 0 Å². The Labute approximate surface area is 131 Å². The van der Waals surface area contributed by atoms with Gasteiger partial charge in [0.05, 0.1) is 10.7 Å². The highest BCUT2D eigenvalue weighted by Crippen LogP contribution is 2.31. The van der Waals surface area contributed by atoms with Crippen LogP contribution in [0.1, 0.15) is 18.9 Å². The molecule has 0 aliphatic carbocycles. The number of halogens is 2. The lowest BCUT2D eigenvalue weighted by molar-refractivity contribution is 0.215. The first-order valence-corrected chi connectivity index (χ1v) is 7.02. The molecule has 2 aromatic heterocycles. The number of ether oxygens (including phenoxy) is 1. The van der Waals surface area contributed by atoms with Crippen LogP contribution < -0.4 is 10.5 Å². The number of anilines is 1. The van der Waals surface area contributed by atoms with Crippen molar-refractivity contribution in [2.75, 3.05) is 5.73 Å². The first-order valence-electron chi connectivity index (χ1n) is 6.27. The van der Waals surface area contributed by atoms with E-state index in [1.165, 1.54) is 0 Å². The van der Waals surface area contributed by atoms with Gasteiger partial charge in [-0.2, -0.15) is 0 Å². The monoisotopic (exact) mass is 322 g/mol. The van der Waals surface area contributed by atoms with Crippen molar-refractivity contribution >= 4 is 34.5 Å². The summed E-state index contributed by atoms with van der Waals surface area (Å²) in [5, 5.41) is 9.21. The van der Waals surface area contributed by atoms with Crippen molar-refractivity contribution in [3.63, 3.8) is 0 Å². The molecule has 0 saturated carbocycles. The van der Waals surface area contributed by atoms with Gasteiger partial charge in [0, 0.05) is 11.2 Å². The van der Waals surface area contributed by atoms with Crippen molar-refractivity contribution in [2.24, 2.45) is 0 Å². The Morgan fingerprint density at radius 2 is 2.05 bits per heavy atom. The third-order valence-corrected chi connectivity index (χ3v) is 3.58. The van der Waals surface area contributed by atoms with E-state index < -0.39 is 0 Å². The van der Waals surface area contributed by atoms with Gasteiger partial charge in [-0.1, -0.05) is 23.2 Å². The molecule has 5 nitrogen and oxygen atoms in total. The van der Waals surface area contributed by atoms with Gasteiger partial charge in [-0.15, -0.1) is 10.2 Å². The molecule has 0 saturated heterocycles. The van der Waals surface area contributed by atoms with Gasteiger partial charge in [-0.3, -0.25) is 4.40 Å². The van der Waals surface area contributed by atoms with E-state index in [2.05, 4.69) is 10.2 Å². The molecule has 0 fully saturated rings. The molecule has 3 aromatic rings. The number of benzene rings is 1. The molecule has 21 heavy (non-hydrogen) atoms. The second-order valence-corrected chi connectivity index (χ2v) is 5.39. The summed E-state index contributed by atoms with van der Waals surface area (Å²) in [6.07, 6.45) is 1.49. The van der Waals surface area contributed by atoms with Crippen LogP contribution in [0.15, 0.2) is 36.5 Å². The van der Waals surface area contributed by atoms with Gasteiger partial charge in [-0.25, -0.2) is 0 Å². The molecule has 0 bridgehead atoms. The summed E-state index contributed by atoms with van der Waals surface area (Å²) in [4.78, 5) is 0. The van der Waals surface area contributed by atoms with E-state index in [4.69, 9.17) is 33.7 Å². The van der Waals surface area contributed by atoms with Gasteiger partial charge >= 0.3 is 0 Å². The molecule has 0 aliphatic heterocycles. The molecular weight excluding hydrogens is 311 g/mol. The van der Waals surface area contributed by atoms with Crippen molar-refractivity contribution in [3.8, 4) is 5.75 Å². The first-order chi connectivity index (χ1) is 10.1. The standard InChI is InChI=1S/C14H12Cl2N4O/c1-8(21-12-5-4-9(15)7-10(12)16)13-18-19-14-11(17)3-2-6-20(13)14/h2-8H,17H2,1H3. The molecule has 2 heterocycles. The van der Waals surface area contributed by atoms with Crippen molar-refractivity contribution in [1.82, 2.24) is 14.6 Å². The minimum absolute atomic E-state index is 0.347. The Morgan fingerprint density at radius 3 is 2.81 bits per heavy atom. The van der Waals surface area contributed by atoms with Crippen LogP contribution in [-0.2, 0) is 0 Å². The minimum atomic E-state index is -0.347. The van der Waals surface area contributed by atoms with Crippen LogP contribution in [0.3, 0.4) is 0 Å². The summed E-state index contributed by atoms with van der Waals surface area (Å²) >= 11 is 12.0. The first kappa shape index (κ1) is 14.0. The van der Waals surface area contributed by atoms with Crippen molar-refractivity contribution in [3.05, 3.63) is 52.4 Å². The molecular formula is C14H12Cl2N4O. The predicted molar refractivity (Wildman–Crippen MR) is 82.9 cm³/mol. The van der Waals surface area contributed by atoms with E-state index in [1.807, 2.05) is 19.2 Å². The molecule has 2 N–H and O–H groups in total. The number of hydrogen-bond donors (Lipinski definition) is 1. The van der Waals surface area contributed by atoms with Crippen molar-refractivity contribution in [2.45, 2.75) is 13.0 Å². The van der Waals surface area contributed by atoms with Gasteiger partial charge in [0.15, 0.2) is 17.6 Å². The summed E-state index contributed by atoms with van der Waals surface area (Å²) in [5.41, 5.74) is 7.03. The van der Waals surface area contributed by atoms with Crippen LogP contribution in [0.4, 0.5) is 5.69 Å². The second-order valence-electron chi connectivity index (χ2n) is 4.55. The number of nitrogens with two attached hydrogens (primary N) is 1. The zero-order valence-electron chi connectivity index (χ0n) is 11.1. The minimum Gasteiger partial charge on any atom is -0.481 e. The quantitative estimate of drug-likeness (QED) is 0.797. The van der Waals surface area contributed by atoms with Gasteiger partial charge in [0.2, 0.25) is 0 Å². The fourth-order valence-electron chi connectivity index (χ4n) is 2.05. The Morgan fingerprint density at radius 1 is 1.24 bits per heavy atom. The molecule has 0 aliphatic rings. The number of nitrogen functional groups attached to an aromatic ring is 1. The highest BCUT2D eigenvalue weighted by Gasteiger charge is 2.17. The van der Waals surface area contributed by atoms with E-state index in [-0.39, 0.29) is 6.10 Å². The number of aromatic nitrogens is 3. The molecule has 0 radical (unpaired) electrons. The fourth-order valence-corrected chi connectivity index (χ4v) is 2.50. The number of rotatable bonds is 3. The zero-order chi connectivity index (χ0) is 15.0. The molecule has 0 spiro atoms. The summed E-state index contributed by atoms with van der Waals surface area (Å²) in [6, 6.07) is 8.67. The van der Waals surface area contributed by atoms with Crippen LogP contribution in [0, 0.1) is 0 Å². The van der Waals surface area contributed by atoms with Gasteiger partial charge in [0.1, 0.15) is 5.75 Å². The van der Waals surface area contributed by atoms with E-state index in [9.17, 15) is 0 Å². The van der Waals surface area contributed by atoms with Gasteiger partial charge in [0.25, 0.3) is 0 Å². The molecule has 0 amide bonds. The van der Waals surface area contributed by atoms with E-state index >= 15 is 0 Å². The van der Waals surface area contributed by atoms with Crippen LogP contribution in [0.5, 0.6) is 5.75 Å². The summed E-state index contributed by atoms with van der Waals surface area (Å²) in [6.45, 7) is 1.87. The number of hydrogen-bond acceptors (Lipinski definition) is 4. The maximum absolute atomic E-state index is 6.11. The predicted octanol–water partition coefficient (Wildman–Crippen LogP) is 3.76. The van der Waals surface area contributed by atoms with Crippen LogP contribution in [0.2, 0.25) is 10.0 Å². The van der Waals surface area contributed by atoms with Crippen LogP contribution >= 0.6 is 23.2 Å². The maximum atomic E-state index is 6.11. The topological polar surface area (TPSA) is 65.4 Å². The zero-order valence-corrected chi connectivity index (χ0v) is 12.6. The van der Waals surface area contributed by atoms with Crippen LogP contribution in [-0.4, -0.2) is 14.6 Å². The molecule has 1 aromatic carbocycles. The Hall–Kier alpha value is -1.98. The lowest BCUT2D eigenvalue weighted by atomic mass is 10.3. The largest absolute Gasteiger partial charge is 0.481 e. The highest BCUT2D eigenvalue weighted by molar-refractivity contribution is 6.35. The molecule has 1 atom stereocenters. The summed E-state index contributed by atoms with van der Waals surface area (Å²) in [7, 11) is 0.